The summed E-state index contributed by atoms with van der Waals surface area (Å²) in [5.41, 5.74) is 9.99. The third-order valence-corrected chi connectivity index (χ3v) is 3.45. The maximum atomic E-state index is 5.64. The quantitative estimate of drug-likeness (QED) is 0.783. The van der Waals surface area contributed by atoms with Crippen molar-refractivity contribution in [2.75, 3.05) is 12.8 Å². The van der Waals surface area contributed by atoms with E-state index in [1.807, 2.05) is 24.6 Å². The van der Waals surface area contributed by atoms with Gasteiger partial charge in [0.1, 0.15) is 11.3 Å². The smallest absolute Gasteiger partial charge is 0.222 e. The van der Waals surface area contributed by atoms with Crippen LogP contribution in [0.2, 0.25) is 0 Å². The van der Waals surface area contributed by atoms with Crippen LogP contribution in [0.4, 0.5) is 5.95 Å². The van der Waals surface area contributed by atoms with Crippen molar-refractivity contribution in [1.29, 1.82) is 0 Å². The molecule has 7 nitrogen and oxygen atoms in total. The topological polar surface area (TPSA) is 91.7 Å². The van der Waals surface area contributed by atoms with E-state index in [0.29, 0.717) is 17.7 Å². The summed E-state index contributed by atoms with van der Waals surface area (Å²) in [7, 11) is 1.67. The van der Waals surface area contributed by atoms with Crippen molar-refractivity contribution in [2.45, 2.75) is 20.4 Å². The van der Waals surface area contributed by atoms with Gasteiger partial charge in [0.2, 0.25) is 5.95 Å². The molecule has 21 heavy (non-hydrogen) atoms. The predicted molar refractivity (Wildman–Crippen MR) is 79.1 cm³/mol. The van der Waals surface area contributed by atoms with E-state index in [9.17, 15) is 0 Å². The summed E-state index contributed by atoms with van der Waals surface area (Å²) in [4.78, 5) is 16.9. The zero-order valence-electron chi connectivity index (χ0n) is 12.2. The fourth-order valence-corrected chi connectivity index (χ4v) is 2.38. The highest BCUT2D eigenvalue weighted by molar-refractivity contribution is 5.70. The number of hydrogen-bond donors (Lipinski definition) is 1. The van der Waals surface area contributed by atoms with Crippen molar-refractivity contribution in [3.8, 4) is 5.75 Å². The lowest BCUT2D eigenvalue weighted by atomic mass is 10.1. The summed E-state index contributed by atoms with van der Waals surface area (Å²) in [6, 6.07) is 0. The molecule has 0 unspecified atom stereocenters. The number of aryl methyl sites for hydroxylation is 1. The molecule has 7 heteroatoms. The van der Waals surface area contributed by atoms with Crippen LogP contribution < -0.4 is 10.5 Å². The van der Waals surface area contributed by atoms with Crippen LogP contribution in [0.3, 0.4) is 0 Å². The highest BCUT2D eigenvalue weighted by Gasteiger charge is 2.12. The van der Waals surface area contributed by atoms with Gasteiger partial charge in [-0.1, -0.05) is 0 Å². The fraction of sp³-hybridized carbons (Fsp3) is 0.286. The molecule has 3 aromatic rings. The van der Waals surface area contributed by atoms with E-state index >= 15 is 0 Å². The van der Waals surface area contributed by atoms with Crippen molar-refractivity contribution in [3.63, 3.8) is 0 Å². The number of fused-ring (bicyclic) bond motifs is 1. The molecule has 0 bridgehead atoms. The molecule has 0 amide bonds. The second-order valence-corrected chi connectivity index (χ2v) is 4.86. The number of nitrogens with zero attached hydrogens (tertiary/aromatic N) is 5. The summed E-state index contributed by atoms with van der Waals surface area (Å²) >= 11 is 0. The first-order valence-corrected chi connectivity index (χ1v) is 6.52. The van der Waals surface area contributed by atoms with Gasteiger partial charge in [-0.3, -0.25) is 4.98 Å². The largest absolute Gasteiger partial charge is 0.496 e. The molecule has 0 aliphatic carbocycles. The minimum atomic E-state index is 0.232. The zero-order valence-corrected chi connectivity index (χ0v) is 12.2. The van der Waals surface area contributed by atoms with Crippen LogP contribution in [0, 0.1) is 13.8 Å². The fourth-order valence-electron chi connectivity index (χ4n) is 2.38. The first-order chi connectivity index (χ1) is 10.1. The zero-order chi connectivity index (χ0) is 15.0. The van der Waals surface area contributed by atoms with Gasteiger partial charge < -0.3 is 15.0 Å². The number of aromatic nitrogens is 5. The van der Waals surface area contributed by atoms with Gasteiger partial charge in [0.05, 0.1) is 31.9 Å². The van der Waals surface area contributed by atoms with Crippen LogP contribution in [0.25, 0.3) is 11.2 Å². The van der Waals surface area contributed by atoms with Gasteiger partial charge >= 0.3 is 0 Å². The van der Waals surface area contributed by atoms with Crippen molar-refractivity contribution in [2.24, 2.45) is 0 Å². The van der Waals surface area contributed by atoms with Crippen molar-refractivity contribution in [1.82, 2.24) is 24.5 Å². The first-order valence-electron chi connectivity index (χ1n) is 6.52. The Morgan fingerprint density at radius 2 is 2.00 bits per heavy atom. The third-order valence-electron chi connectivity index (χ3n) is 3.45. The maximum Gasteiger partial charge on any atom is 0.222 e. The number of nitrogen functional groups attached to an aromatic ring is 1. The average molecular weight is 284 g/mol. The highest BCUT2D eigenvalue weighted by atomic mass is 16.5. The molecule has 3 aromatic heterocycles. The Kier molecular flexibility index (Phi) is 3.17. The van der Waals surface area contributed by atoms with E-state index in [4.69, 9.17) is 10.5 Å². The number of methoxy groups -OCH3 is 1. The van der Waals surface area contributed by atoms with E-state index in [0.717, 1.165) is 22.6 Å². The summed E-state index contributed by atoms with van der Waals surface area (Å²) in [5.74, 6) is 1.09. The summed E-state index contributed by atoms with van der Waals surface area (Å²) in [6.45, 7) is 4.52. The van der Waals surface area contributed by atoms with Gasteiger partial charge in [0, 0.05) is 17.3 Å². The molecule has 3 rings (SSSR count). The average Bonchev–Trinajstić information content (AvgIpc) is 2.85. The Morgan fingerprint density at radius 1 is 1.19 bits per heavy atom. The SMILES string of the molecule is COc1c(C)cnc(Cn2cnc3cnc(N)nc32)c1C. The first kappa shape index (κ1) is 13.3. The van der Waals surface area contributed by atoms with E-state index in [-0.39, 0.29) is 5.95 Å². The number of imidazole rings is 1. The normalized spacial score (nSPS) is 11.0. The minimum Gasteiger partial charge on any atom is -0.496 e. The molecule has 108 valence electrons. The van der Waals surface area contributed by atoms with Gasteiger partial charge in [-0.05, 0) is 13.8 Å². The van der Waals surface area contributed by atoms with Crippen LogP contribution in [-0.4, -0.2) is 31.6 Å². The molecular formula is C14H16N6O. The van der Waals surface area contributed by atoms with Gasteiger partial charge in [-0.25, -0.2) is 9.97 Å². The second-order valence-electron chi connectivity index (χ2n) is 4.86. The van der Waals surface area contributed by atoms with Crippen LogP contribution >= 0.6 is 0 Å². The van der Waals surface area contributed by atoms with Crippen molar-refractivity contribution >= 4 is 17.1 Å². The number of rotatable bonds is 3. The molecule has 0 atom stereocenters. The molecular weight excluding hydrogens is 268 g/mol. The van der Waals surface area contributed by atoms with Gasteiger partial charge in [0.15, 0.2) is 5.65 Å². The Balaban J connectivity index is 2.05. The third kappa shape index (κ3) is 2.26. The number of ether oxygens (including phenoxy) is 1. The maximum absolute atomic E-state index is 5.64. The molecule has 0 radical (unpaired) electrons. The van der Waals surface area contributed by atoms with Gasteiger partial charge in [0.25, 0.3) is 0 Å². The molecule has 2 N–H and O–H groups in total. The van der Waals surface area contributed by atoms with Crippen molar-refractivity contribution in [3.05, 3.63) is 35.5 Å². The predicted octanol–water partition coefficient (Wildman–Crippen LogP) is 1.48. The Labute approximate surface area is 121 Å². The minimum absolute atomic E-state index is 0.232. The number of anilines is 1. The lowest BCUT2D eigenvalue weighted by Gasteiger charge is -2.12. The molecule has 0 saturated heterocycles. The molecule has 0 aliphatic rings. The molecule has 0 spiro atoms. The Morgan fingerprint density at radius 3 is 2.76 bits per heavy atom. The second kappa shape index (κ2) is 5.01. The summed E-state index contributed by atoms with van der Waals surface area (Å²) in [5, 5.41) is 0. The Bertz CT molecular complexity index is 811. The molecule has 0 aliphatic heterocycles. The molecule has 0 aromatic carbocycles. The number of pyridine rings is 1. The van der Waals surface area contributed by atoms with Crippen LogP contribution in [0.1, 0.15) is 16.8 Å². The van der Waals surface area contributed by atoms with Crippen LogP contribution in [-0.2, 0) is 6.54 Å². The molecule has 0 saturated carbocycles. The van der Waals surface area contributed by atoms with E-state index in [2.05, 4.69) is 19.9 Å². The molecule has 0 fully saturated rings. The number of nitrogens with two attached hydrogens (primary N) is 1. The van der Waals surface area contributed by atoms with Crippen LogP contribution in [0.5, 0.6) is 5.75 Å². The van der Waals surface area contributed by atoms with E-state index in [1.165, 1.54) is 0 Å². The van der Waals surface area contributed by atoms with Gasteiger partial charge in [-0.15, -0.1) is 0 Å². The summed E-state index contributed by atoms with van der Waals surface area (Å²) < 4.78 is 7.33. The monoisotopic (exact) mass is 284 g/mol. The standard InChI is InChI=1S/C14H16N6O/c1-8-4-16-11(9(2)12(8)21-3)6-20-7-18-10-5-17-14(15)19-13(10)20/h4-5,7H,6H2,1-3H3,(H2,15,17,19). The van der Waals surface area contributed by atoms with Crippen molar-refractivity contribution < 1.29 is 4.74 Å². The Hall–Kier alpha value is -2.70. The highest BCUT2D eigenvalue weighted by Crippen LogP contribution is 2.25. The summed E-state index contributed by atoms with van der Waals surface area (Å²) in [6.07, 6.45) is 5.14. The van der Waals surface area contributed by atoms with Crippen LogP contribution in [0.15, 0.2) is 18.7 Å². The number of hydrogen-bond acceptors (Lipinski definition) is 6. The van der Waals surface area contributed by atoms with Gasteiger partial charge in [-0.2, -0.15) is 4.98 Å². The van der Waals surface area contributed by atoms with E-state index < -0.39 is 0 Å². The lowest BCUT2D eigenvalue weighted by Crippen LogP contribution is -2.06. The lowest BCUT2D eigenvalue weighted by molar-refractivity contribution is 0.406. The van der Waals surface area contributed by atoms with E-state index in [1.54, 1.807) is 19.6 Å². The molecule has 3 heterocycles.